The molecule has 1 fully saturated rings. The maximum absolute atomic E-state index is 5.96. The van der Waals surface area contributed by atoms with Gasteiger partial charge in [0.1, 0.15) is 6.54 Å². The normalized spacial score (nSPS) is 17.8. The van der Waals surface area contributed by atoms with Gasteiger partial charge in [-0.3, -0.25) is 0 Å². The number of hydrogen-bond donors (Lipinski definition) is 2. The third-order valence-electron chi connectivity index (χ3n) is 3.76. The molecule has 0 unspecified atom stereocenters. The molecule has 7 nitrogen and oxygen atoms in total. The number of aliphatic imine (C=N–C) groups is 1. The SMILES string of the molecule is NC(=NCc1nc2ncccn2n1)NC1CCCCCC1. The van der Waals surface area contributed by atoms with Crippen LogP contribution < -0.4 is 11.1 Å². The summed E-state index contributed by atoms with van der Waals surface area (Å²) in [6, 6.07) is 2.27. The highest BCUT2D eigenvalue weighted by Gasteiger charge is 2.12. The van der Waals surface area contributed by atoms with Crippen molar-refractivity contribution in [3.05, 3.63) is 24.3 Å². The first-order valence-electron chi connectivity index (χ1n) is 7.54. The quantitative estimate of drug-likeness (QED) is 0.503. The Morgan fingerprint density at radius 2 is 2.14 bits per heavy atom. The first-order valence-corrected chi connectivity index (χ1v) is 7.54. The van der Waals surface area contributed by atoms with Crippen LogP contribution in [-0.2, 0) is 6.54 Å². The molecule has 0 amide bonds. The highest BCUT2D eigenvalue weighted by atomic mass is 15.3. The van der Waals surface area contributed by atoms with E-state index in [1.165, 1.54) is 38.5 Å². The van der Waals surface area contributed by atoms with Crippen LogP contribution in [0.2, 0.25) is 0 Å². The number of hydrogen-bond acceptors (Lipinski definition) is 4. The number of nitrogens with two attached hydrogens (primary N) is 1. The lowest BCUT2D eigenvalue weighted by molar-refractivity contribution is 0.530. The van der Waals surface area contributed by atoms with Gasteiger partial charge in [-0.15, -0.1) is 5.10 Å². The van der Waals surface area contributed by atoms with E-state index in [9.17, 15) is 0 Å². The van der Waals surface area contributed by atoms with Crippen LogP contribution in [0.25, 0.3) is 5.78 Å². The second-order valence-electron chi connectivity index (χ2n) is 5.43. The van der Waals surface area contributed by atoms with Crippen molar-refractivity contribution in [2.75, 3.05) is 0 Å². The van der Waals surface area contributed by atoms with Gasteiger partial charge < -0.3 is 11.1 Å². The number of guanidine groups is 1. The standard InChI is InChI=1S/C14H21N7/c15-13(18-11-6-3-1-2-4-7-11)17-10-12-19-14-16-8-5-9-21(14)20-12/h5,8-9,11H,1-4,6-7,10H2,(H3,15,17,18). The molecular weight excluding hydrogens is 266 g/mol. The zero-order valence-electron chi connectivity index (χ0n) is 12.1. The molecule has 1 aliphatic rings. The van der Waals surface area contributed by atoms with Crippen LogP contribution in [0.3, 0.4) is 0 Å². The monoisotopic (exact) mass is 287 g/mol. The van der Waals surface area contributed by atoms with Gasteiger partial charge >= 0.3 is 0 Å². The summed E-state index contributed by atoms with van der Waals surface area (Å²) in [4.78, 5) is 12.8. The van der Waals surface area contributed by atoms with Crippen molar-refractivity contribution < 1.29 is 0 Å². The second kappa shape index (κ2) is 6.51. The van der Waals surface area contributed by atoms with Gasteiger partial charge in [0.05, 0.1) is 0 Å². The largest absolute Gasteiger partial charge is 0.370 e. The fourth-order valence-electron chi connectivity index (χ4n) is 2.68. The Bertz CT molecular complexity index is 578. The van der Waals surface area contributed by atoms with E-state index in [0.29, 0.717) is 30.1 Å². The van der Waals surface area contributed by atoms with Crippen LogP contribution in [0.1, 0.15) is 44.3 Å². The number of fused-ring (bicyclic) bond motifs is 1. The van der Waals surface area contributed by atoms with E-state index in [1.54, 1.807) is 10.7 Å². The van der Waals surface area contributed by atoms with Crippen LogP contribution in [0, 0.1) is 0 Å². The van der Waals surface area contributed by atoms with E-state index in [0.717, 1.165) is 0 Å². The number of rotatable bonds is 3. The lowest BCUT2D eigenvalue weighted by Gasteiger charge is -2.16. The fraction of sp³-hybridized carbons (Fsp3) is 0.571. The summed E-state index contributed by atoms with van der Waals surface area (Å²) in [5, 5.41) is 7.61. The first kappa shape index (κ1) is 13.8. The molecule has 0 aliphatic heterocycles. The van der Waals surface area contributed by atoms with Gasteiger partial charge in [0, 0.05) is 18.4 Å². The Hall–Kier alpha value is -2.18. The topological polar surface area (TPSA) is 93.5 Å². The summed E-state index contributed by atoms with van der Waals surface area (Å²) in [6.07, 6.45) is 11.0. The molecule has 0 atom stereocenters. The predicted octanol–water partition coefficient (Wildman–Crippen LogP) is 1.25. The van der Waals surface area contributed by atoms with E-state index >= 15 is 0 Å². The van der Waals surface area contributed by atoms with Crippen LogP contribution >= 0.6 is 0 Å². The van der Waals surface area contributed by atoms with Gasteiger partial charge in [0.2, 0.25) is 0 Å². The van der Waals surface area contributed by atoms with Gasteiger partial charge in [-0.25, -0.2) is 14.5 Å². The third kappa shape index (κ3) is 3.68. The smallest absolute Gasteiger partial charge is 0.252 e. The Morgan fingerprint density at radius 3 is 2.90 bits per heavy atom. The minimum Gasteiger partial charge on any atom is -0.370 e. The molecule has 0 bridgehead atoms. The Labute approximate surface area is 123 Å². The van der Waals surface area contributed by atoms with Crippen molar-refractivity contribution in [2.24, 2.45) is 10.7 Å². The molecule has 0 spiro atoms. The third-order valence-corrected chi connectivity index (χ3v) is 3.76. The maximum atomic E-state index is 5.96. The van der Waals surface area contributed by atoms with Gasteiger partial charge in [-0.05, 0) is 18.9 Å². The van der Waals surface area contributed by atoms with Crippen molar-refractivity contribution >= 4 is 11.7 Å². The molecule has 1 saturated carbocycles. The van der Waals surface area contributed by atoms with Gasteiger partial charge in [-0.2, -0.15) is 4.98 Å². The zero-order chi connectivity index (χ0) is 14.5. The summed E-state index contributed by atoms with van der Waals surface area (Å²) in [5.74, 6) is 1.69. The van der Waals surface area contributed by atoms with Crippen molar-refractivity contribution in [3.63, 3.8) is 0 Å². The molecule has 7 heteroatoms. The molecule has 0 aromatic carbocycles. The van der Waals surface area contributed by atoms with E-state index in [1.807, 2.05) is 12.3 Å². The molecule has 0 radical (unpaired) electrons. The Kier molecular flexibility index (Phi) is 4.28. The van der Waals surface area contributed by atoms with Crippen molar-refractivity contribution in [2.45, 2.75) is 51.1 Å². The summed E-state index contributed by atoms with van der Waals surface area (Å²) in [6.45, 7) is 0.370. The summed E-state index contributed by atoms with van der Waals surface area (Å²) >= 11 is 0. The molecule has 112 valence electrons. The maximum Gasteiger partial charge on any atom is 0.252 e. The zero-order valence-corrected chi connectivity index (χ0v) is 12.1. The second-order valence-corrected chi connectivity index (χ2v) is 5.43. The van der Waals surface area contributed by atoms with Gasteiger partial charge in [-0.1, -0.05) is 25.7 Å². The lowest BCUT2D eigenvalue weighted by atomic mass is 10.1. The lowest BCUT2D eigenvalue weighted by Crippen LogP contribution is -2.39. The first-order chi connectivity index (χ1) is 10.3. The van der Waals surface area contributed by atoms with E-state index in [4.69, 9.17) is 5.73 Å². The van der Waals surface area contributed by atoms with Crippen LogP contribution in [0.4, 0.5) is 0 Å². The Morgan fingerprint density at radius 1 is 1.33 bits per heavy atom. The summed E-state index contributed by atoms with van der Waals surface area (Å²) < 4.78 is 1.64. The van der Waals surface area contributed by atoms with Crippen LogP contribution in [0.15, 0.2) is 23.5 Å². The molecule has 2 heterocycles. The van der Waals surface area contributed by atoms with E-state index in [2.05, 4.69) is 25.4 Å². The molecule has 1 aliphatic carbocycles. The van der Waals surface area contributed by atoms with Gasteiger partial charge in [0.15, 0.2) is 11.8 Å². The van der Waals surface area contributed by atoms with E-state index < -0.39 is 0 Å². The fourth-order valence-corrected chi connectivity index (χ4v) is 2.68. The van der Waals surface area contributed by atoms with E-state index in [-0.39, 0.29) is 0 Å². The molecule has 2 aromatic heterocycles. The molecule has 21 heavy (non-hydrogen) atoms. The minimum absolute atomic E-state index is 0.370. The predicted molar refractivity (Wildman–Crippen MR) is 80.7 cm³/mol. The average molecular weight is 287 g/mol. The molecule has 3 N–H and O–H groups in total. The minimum atomic E-state index is 0.370. The van der Waals surface area contributed by atoms with Gasteiger partial charge in [0.25, 0.3) is 5.78 Å². The molecule has 0 saturated heterocycles. The summed E-state index contributed by atoms with van der Waals surface area (Å²) in [5.41, 5.74) is 5.96. The number of nitrogens with zero attached hydrogens (tertiary/aromatic N) is 5. The summed E-state index contributed by atoms with van der Waals surface area (Å²) in [7, 11) is 0. The average Bonchev–Trinajstić information content (AvgIpc) is 2.74. The molecular formula is C14H21N7. The highest BCUT2D eigenvalue weighted by molar-refractivity contribution is 5.78. The van der Waals surface area contributed by atoms with Crippen molar-refractivity contribution in [1.29, 1.82) is 0 Å². The van der Waals surface area contributed by atoms with Crippen LogP contribution in [-0.4, -0.2) is 31.6 Å². The van der Waals surface area contributed by atoms with Crippen molar-refractivity contribution in [3.8, 4) is 0 Å². The Balaban J connectivity index is 1.59. The highest BCUT2D eigenvalue weighted by Crippen LogP contribution is 2.16. The van der Waals surface area contributed by atoms with Crippen molar-refractivity contribution in [1.82, 2.24) is 24.9 Å². The van der Waals surface area contributed by atoms with Crippen LogP contribution in [0.5, 0.6) is 0 Å². The molecule has 2 aromatic rings. The number of aromatic nitrogens is 4. The molecule has 3 rings (SSSR count). The number of nitrogens with one attached hydrogen (secondary N) is 1.